The van der Waals surface area contributed by atoms with Gasteiger partial charge in [-0.3, -0.25) is 0 Å². The predicted octanol–water partition coefficient (Wildman–Crippen LogP) is 2.69. The first-order valence-electron chi connectivity index (χ1n) is 7.11. The largest absolute Gasteiger partial charge is 0.379 e. The summed E-state index contributed by atoms with van der Waals surface area (Å²) in [5, 5.41) is 3.49. The van der Waals surface area contributed by atoms with E-state index < -0.39 is 0 Å². The van der Waals surface area contributed by atoms with E-state index in [0.29, 0.717) is 11.3 Å². The zero-order valence-corrected chi connectivity index (χ0v) is 11.4. The zero-order valence-electron chi connectivity index (χ0n) is 11.4. The molecule has 2 heterocycles. The molecule has 1 aromatic rings. The first-order chi connectivity index (χ1) is 8.72. The Labute approximate surface area is 110 Å². The van der Waals surface area contributed by atoms with Gasteiger partial charge in [0, 0.05) is 5.41 Å². The van der Waals surface area contributed by atoms with Gasteiger partial charge in [-0.2, -0.15) is 0 Å². The van der Waals surface area contributed by atoms with Gasteiger partial charge in [0.2, 0.25) is 0 Å². The highest BCUT2D eigenvalue weighted by molar-refractivity contribution is 5.33. The minimum Gasteiger partial charge on any atom is -0.379 e. The van der Waals surface area contributed by atoms with Crippen LogP contribution in [0, 0.1) is 5.92 Å². The van der Waals surface area contributed by atoms with Crippen LogP contribution in [0.1, 0.15) is 37.3 Å². The van der Waals surface area contributed by atoms with Crippen LogP contribution < -0.4 is 5.32 Å². The fourth-order valence-corrected chi connectivity index (χ4v) is 3.29. The minimum absolute atomic E-state index is 0.291. The number of ether oxygens (including phenoxy) is 1. The normalized spacial score (nSPS) is 26.3. The first kappa shape index (κ1) is 12.2. The molecule has 1 N–H and O–H groups in total. The second-order valence-corrected chi connectivity index (χ2v) is 6.12. The molecular formula is C16H23NO. The van der Waals surface area contributed by atoms with Gasteiger partial charge in [0.15, 0.2) is 0 Å². The van der Waals surface area contributed by atoms with Gasteiger partial charge < -0.3 is 10.1 Å². The van der Waals surface area contributed by atoms with Crippen LogP contribution in [0.25, 0.3) is 0 Å². The molecule has 18 heavy (non-hydrogen) atoms. The van der Waals surface area contributed by atoms with Crippen molar-refractivity contribution in [1.82, 2.24) is 5.32 Å². The van der Waals surface area contributed by atoms with Crippen LogP contribution in [0.2, 0.25) is 0 Å². The molecule has 2 fully saturated rings. The van der Waals surface area contributed by atoms with E-state index in [1.165, 1.54) is 17.5 Å². The lowest BCUT2D eigenvalue weighted by Crippen LogP contribution is -2.53. The fourth-order valence-electron chi connectivity index (χ4n) is 3.29. The van der Waals surface area contributed by atoms with E-state index in [4.69, 9.17) is 4.74 Å². The molecule has 0 saturated carbocycles. The lowest BCUT2D eigenvalue weighted by Gasteiger charge is -2.46. The average Bonchev–Trinajstić information content (AvgIpc) is 2.82. The summed E-state index contributed by atoms with van der Waals surface area (Å²) in [6.45, 7) is 8.61. The molecule has 0 spiro atoms. The predicted molar refractivity (Wildman–Crippen MR) is 74.0 cm³/mol. The van der Waals surface area contributed by atoms with Crippen molar-refractivity contribution in [3.63, 3.8) is 0 Å². The Hall–Kier alpha value is -0.860. The molecule has 98 valence electrons. The summed E-state index contributed by atoms with van der Waals surface area (Å²) < 4.78 is 5.55. The Balaban J connectivity index is 1.87. The third-order valence-electron chi connectivity index (χ3n) is 4.71. The van der Waals surface area contributed by atoms with Crippen molar-refractivity contribution in [2.75, 3.05) is 26.3 Å². The number of nitrogens with one attached hydrogen (secondary N) is 1. The highest BCUT2D eigenvalue weighted by atomic mass is 16.5. The minimum atomic E-state index is 0.291. The second-order valence-electron chi connectivity index (χ2n) is 6.12. The van der Waals surface area contributed by atoms with E-state index in [9.17, 15) is 0 Å². The molecule has 0 radical (unpaired) electrons. The van der Waals surface area contributed by atoms with Crippen molar-refractivity contribution in [1.29, 1.82) is 0 Å². The summed E-state index contributed by atoms with van der Waals surface area (Å²) in [4.78, 5) is 0. The summed E-state index contributed by atoms with van der Waals surface area (Å²) in [5.74, 6) is 1.36. The SMILES string of the molecule is CC(C)c1ccc(C2(C3CCNC3)COC2)cc1. The van der Waals surface area contributed by atoms with E-state index in [1.54, 1.807) is 0 Å². The summed E-state index contributed by atoms with van der Waals surface area (Å²) in [6, 6.07) is 9.25. The molecule has 0 bridgehead atoms. The molecule has 2 saturated heterocycles. The van der Waals surface area contributed by atoms with Gasteiger partial charge in [0.25, 0.3) is 0 Å². The Morgan fingerprint density at radius 2 is 1.94 bits per heavy atom. The van der Waals surface area contributed by atoms with Gasteiger partial charge in [-0.05, 0) is 42.5 Å². The van der Waals surface area contributed by atoms with Crippen LogP contribution in [0.3, 0.4) is 0 Å². The van der Waals surface area contributed by atoms with E-state index in [2.05, 4.69) is 43.4 Å². The standard InChI is InChI=1S/C16H23NO/c1-12(2)13-3-5-14(6-4-13)16(10-18-11-16)15-7-8-17-9-15/h3-6,12,15,17H,7-11H2,1-2H3. The third kappa shape index (κ3) is 1.88. The Kier molecular flexibility index (Phi) is 3.16. The Bertz CT molecular complexity index is 400. The van der Waals surface area contributed by atoms with Gasteiger partial charge >= 0.3 is 0 Å². The average molecular weight is 245 g/mol. The zero-order chi connectivity index (χ0) is 12.6. The molecule has 1 unspecified atom stereocenters. The van der Waals surface area contributed by atoms with Crippen molar-refractivity contribution >= 4 is 0 Å². The number of hydrogen-bond donors (Lipinski definition) is 1. The molecule has 0 aromatic heterocycles. The number of benzene rings is 1. The van der Waals surface area contributed by atoms with Crippen LogP contribution in [0.4, 0.5) is 0 Å². The monoisotopic (exact) mass is 245 g/mol. The lowest BCUT2D eigenvalue weighted by atomic mass is 9.68. The fraction of sp³-hybridized carbons (Fsp3) is 0.625. The quantitative estimate of drug-likeness (QED) is 0.884. The Morgan fingerprint density at radius 3 is 2.39 bits per heavy atom. The van der Waals surface area contributed by atoms with Crippen molar-refractivity contribution in [3.05, 3.63) is 35.4 Å². The summed E-state index contributed by atoms with van der Waals surface area (Å²) in [5.41, 5.74) is 3.20. The van der Waals surface area contributed by atoms with Crippen LogP contribution in [0.15, 0.2) is 24.3 Å². The molecule has 2 aliphatic heterocycles. The Morgan fingerprint density at radius 1 is 1.22 bits per heavy atom. The number of hydrogen-bond acceptors (Lipinski definition) is 2. The molecule has 2 aliphatic rings. The molecule has 1 aromatic carbocycles. The van der Waals surface area contributed by atoms with Gasteiger partial charge in [-0.25, -0.2) is 0 Å². The van der Waals surface area contributed by atoms with Crippen LogP contribution in [-0.4, -0.2) is 26.3 Å². The lowest BCUT2D eigenvalue weighted by molar-refractivity contribution is -0.0869. The molecule has 0 aliphatic carbocycles. The van der Waals surface area contributed by atoms with E-state index in [0.717, 1.165) is 32.2 Å². The van der Waals surface area contributed by atoms with Gasteiger partial charge in [0.05, 0.1) is 13.2 Å². The highest BCUT2D eigenvalue weighted by Gasteiger charge is 2.47. The van der Waals surface area contributed by atoms with Gasteiger partial charge in [-0.15, -0.1) is 0 Å². The van der Waals surface area contributed by atoms with Crippen LogP contribution >= 0.6 is 0 Å². The number of rotatable bonds is 3. The molecule has 1 atom stereocenters. The van der Waals surface area contributed by atoms with Gasteiger partial charge in [0.1, 0.15) is 0 Å². The maximum absolute atomic E-state index is 5.55. The summed E-state index contributed by atoms with van der Waals surface area (Å²) >= 11 is 0. The molecule has 2 heteroatoms. The molecule has 0 amide bonds. The molecule has 2 nitrogen and oxygen atoms in total. The smallest absolute Gasteiger partial charge is 0.0588 e. The topological polar surface area (TPSA) is 21.3 Å². The van der Waals surface area contributed by atoms with Gasteiger partial charge in [-0.1, -0.05) is 38.1 Å². The van der Waals surface area contributed by atoms with Crippen LogP contribution in [0.5, 0.6) is 0 Å². The second kappa shape index (κ2) is 4.67. The maximum Gasteiger partial charge on any atom is 0.0588 e. The van der Waals surface area contributed by atoms with Crippen molar-refractivity contribution in [2.45, 2.75) is 31.6 Å². The van der Waals surface area contributed by atoms with E-state index >= 15 is 0 Å². The highest BCUT2D eigenvalue weighted by Crippen LogP contribution is 2.42. The van der Waals surface area contributed by atoms with Crippen molar-refractivity contribution in [3.8, 4) is 0 Å². The first-order valence-corrected chi connectivity index (χ1v) is 7.11. The van der Waals surface area contributed by atoms with Crippen LogP contribution in [-0.2, 0) is 10.2 Å². The van der Waals surface area contributed by atoms with Crippen molar-refractivity contribution in [2.24, 2.45) is 5.92 Å². The molecule has 3 rings (SSSR count). The summed E-state index contributed by atoms with van der Waals surface area (Å²) in [7, 11) is 0. The molecular weight excluding hydrogens is 222 g/mol. The van der Waals surface area contributed by atoms with Crippen molar-refractivity contribution < 1.29 is 4.74 Å². The van der Waals surface area contributed by atoms with E-state index in [1.807, 2.05) is 0 Å². The third-order valence-corrected chi connectivity index (χ3v) is 4.71. The van der Waals surface area contributed by atoms with E-state index in [-0.39, 0.29) is 0 Å². The maximum atomic E-state index is 5.55. The summed E-state index contributed by atoms with van der Waals surface area (Å²) in [6.07, 6.45) is 1.29.